The minimum absolute atomic E-state index is 0.172. The molecule has 100 valence electrons. The van der Waals surface area contributed by atoms with Gasteiger partial charge in [-0.1, -0.05) is 18.2 Å². The van der Waals surface area contributed by atoms with E-state index in [1.165, 1.54) is 6.07 Å². The predicted molar refractivity (Wildman–Crippen MR) is 65.8 cm³/mol. The smallest absolute Gasteiger partial charge is 0.408 e. The van der Waals surface area contributed by atoms with Crippen molar-refractivity contribution in [3.63, 3.8) is 0 Å². The van der Waals surface area contributed by atoms with Gasteiger partial charge in [-0.25, -0.2) is 9.18 Å². The highest BCUT2D eigenvalue weighted by molar-refractivity contribution is 5.66. The molecular formula is C13H18FNO3. The van der Waals surface area contributed by atoms with Gasteiger partial charge in [-0.3, -0.25) is 4.90 Å². The Hall–Kier alpha value is -1.62. The number of carbonyl (C=O) groups is 1. The molecule has 0 saturated heterocycles. The zero-order valence-corrected chi connectivity index (χ0v) is 10.5. The fourth-order valence-electron chi connectivity index (χ4n) is 2.03. The van der Waals surface area contributed by atoms with Crippen LogP contribution in [0.5, 0.6) is 0 Å². The first-order valence-electron chi connectivity index (χ1n) is 5.85. The maximum atomic E-state index is 13.7. The third-order valence-electron chi connectivity index (χ3n) is 2.78. The quantitative estimate of drug-likeness (QED) is 0.850. The molecule has 0 radical (unpaired) electrons. The first-order valence-corrected chi connectivity index (χ1v) is 5.85. The maximum absolute atomic E-state index is 13.7. The number of aliphatic hydroxyl groups excluding tert-OH is 1. The van der Waals surface area contributed by atoms with Crippen LogP contribution in [0.4, 0.5) is 9.18 Å². The molecule has 4 nitrogen and oxygen atoms in total. The Labute approximate surface area is 106 Å². The van der Waals surface area contributed by atoms with E-state index in [1.54, 1.807) is 32.0 Å². The van der Waals surface area contributed by atoms with Gasteiger partial charge in [-0.05, 0) is 26.3 Å². The average molecular weight is 255 g/mol. The normalized spacial score (nSPS) is 12.5. The van der Waals surface area contributed by atoms with Crippen LogP contribution in [-0.2, 0) is 0 Å². The van der Waals surface area contributed by atoms with Crippen LogP contribution in [0.1, 0.15) is 31.9 Å². The fraction of sp³-hybridized carbons (Fsp3) is 0.462. The first kappa shape index (κ1) is 14.4. The van der Waals surface area contributed by atoms with Crippen LogP contribution in [0.2, 0.25) is 0 Å². The molecule has 18 heavy (non-hydrogen) atoms. The summed E-state index contributed by atoms with van der Waals surface area (Å²) in [4.78, 5) is 12.4. The number of amides is 1. The number of hydrogen-bond acceptors (Lipinski definition) is 2. The SMILES string of the molecule is CC(C)N(C(=O)O)[C@@H](CCO)c1ccccc1F. The lowest BCUT2D eigenvalue weighted by molar-refractivity contribution is 0.0947. The molecule has 0 spiro atoms. The summed E-state index contributed by atoms with van der Waals surface area (Å²) in [6.07, 6.45) is -0.947. The summed E-state index contributed by atoms with van der Waals surface area (Å²) < 4.78 is 13.7. The van der Waals surface area contributed by atoms with E-state index in [1.807, 2.05) is 0 Å². The number of nitrogens with zero attached hydrogens (tertiary/aromatic N) is 1. The van der Waals surface area contributed by atoms with Crippen molar-refractivity contribution < 1.29 is 19.4 Å². The van der Waals surface area contributed by atoms with Crippen molar-refractivity contribution in [1.82, 2.24) is 4.90 Å². The number of hydrogen-bond donors (Lipinski definition) is 2. The standard InChI is InChI=1S/C13H18FNO3/c1-9(2)15(13(17)18)12(7-8-16)10-5-3-4-6-11(10)14/h3-6,9,12,16H,7-8H2,1-2H3,(H,17,18)/t12-/m0/s1. The van der Waals surface area contributed by atoms with Crippen molar-refractivity contribution in [2.75, 3.05) is 6.61 Å². The number of halogens is 1. The minimum atomic E-state index is -1.12. The second-order valence-electron chi connectivity index (χ2n) is 4.33. The van der Waals surface area contributed by atoms with Gasteiger partial charge in [0.2, 0.25) is 0 Å². The molecule has 0 aliphatic carbocycles. The van der Waals surface area contributed by atoms with Gasteiger partial charge in [-0.2, -0.15) is 0 Å². The van der Waals surface area contributed by atoms with Gasteiger partial charge in [0.15, 0.2) is 0 Å². The maximum Gasteiger partial charge on any atom is 0.408 e. The lowest BCUT2D eigenvalue weighted by Crippen LogP contribution is -2.39. The highest BCUT2D eigenvalue weighted by atomic mass is 19.1. The lowest BCUT2D eigenvalue weighted by atomic mass is 10.0. The van der Waals surface area contributed by atoms with Crippen molar-refractivity contribution in [1.29, 1.82) is 0 Å². The summed E-state index contributed by atoms with van der Waals surface area (Å²) in [6, 6.07) is 5.08. The van der Waals surface area contributed by atoms with E-state index in [9.17, 15) is 14.3 Å². The molecule has 1 aromatic carbocycles. The van der Waals surface area contributed by atoms with Gasteiger partial charge in [0.05, 0.1) is 6.04 Å². The topological polar surface area (TPSA) is 60.8 Å². The molecule has 0 saturated carbocycles. The van der Waals surface area contributed by atoms with Crippen LogP contribution in [0.15, 0.2) is 24.3 Å². The van der Waals surface area contributed by atoms with Crippen LogP contribution >= 0.6 is 0 Å². The summed E-state index contributed by atoms with van der Waals surface area (Å²) in [5, 5.41) is 18.3. The van der Waals surface area contributed by atoms with Crippen LogP contribution in [0.25, 0.3) is 0 Å². The van der Waals surface area contributed by atoms with Crippen molar-refractivity contribution in [3.05, 3.63) is 35.6 Å². The predicted octanol–water partition coefficient (Wildman–Crippen LogP) is 2.64. The monoisotopic (exact) mass is 255 g/mol. The molecule has 1 atom stereocenters. The zero-order valence-electron chi connectivity index (χ0n) is 10.5. The molecule has 0 aliphatic rings. The molecule has 0 bridgehead atoms. The zero-order chi connectivity index (χ0) is 13.7. The Kier molecular flexibility index (Phi) is 5.09. The minimum Gasteiger partial charge on any atom is -0.465 e. The third-order valence-corrected chi connectivity index (χ3v) is 2.78. The molecule has 0 heterocycles. The molecule has 1 rings (SSSR count). The fourth-order valence-corrected chi connectivity index (χ4v) is 2.03. The van der Waals surface area contributed by atoms with Gasteiger partial charge in [0.1, 0.15) is 5.82 Å². The van der Waals surface area contributed by atoms with Crippen molar-refractivity contribution in [3.8, 4) is 0 Å². The Balaban J connectivity index is 3.16. The van der Waals surface area contributed by atoms with Crippen LogP contribution in [0, 0.1) is 5.82 Å². The molecule has 0 unspecified atom stereocenters. The van der Waals surface area contributed by atoms with Crippen LogP contribution < -0.4 is 0 Å². The number of aliphatic hydroxyl groups is 1. The van der Waals surface area contributed by atoms with Crippen molar-refractivity contribution >= 4 is 6.09 Å². The van der Waals surface area contributed by atoms with Gasteiger partial charge in [0, 0.05) is 18.2 Å². The highest BCUT2D eigenvalue weighted by Crippen LogP contribution is 2.28. The molecule has 0 aliphatic heterocycles. The molecule has 0 aromatic heterocycles. The average Bonchev–Trinajstić information content (AvgIpc) is 2.28. The summed E-state index contributed by atoms with van der Waals surface area (Å²) in [5.41, 5.74) is 0.294. The van der Waals surface area contributed by atoms with Gasteiger partial charge >= 0.3 is 6.09 Å². The Bertz CT molecular complexity index is 409. The highest BCUT2D eigenvalue weighted by Gasteiger charge is 2.28. The van der Waals surface area contributed by atoms with Crippen molar-refractivity contribution in [2.24, 2.45) is 0 Å². The number of rotatable bonds is 5. The Morgan fingerprint density at radius 1 is 1.39 bits per heavy atom. The molecule has 2 N–H and O–H groups in total. The molecule has 1 aromatic rings. The number of benzene rings is 1. The molecule has 1 amide bonds. The third kappa shape index (κ3) is 3.20. The molecule has 5 heteroatoms. The van der Waals surface area contributed by atoms with Crippen molar-refractivity contribution in [2.45, 2.75) is 32.4 Å². The van der Waals surface area contributed by atoms with Crippen LogP contribution in [0.3, 0.4) is 0 Å². The number of carboxylic acid groups (broad SMARTS) is 1. The first-order chi connectivity index (χ1) is 8.49. The Morgan fingerprint density at radius 3 is 2.44 bits per heavy atom. The summed E-state index contributed by atoms with van der Waals surface area (Å²) in [6.45, 7) is 3.24. The summed E-state index contributed by atoms with van der Waals surface area (Å²) in [7, 11) is 0. The van der Waals surface area contributed by atoms with E-state index in [0.29, 0.717) is 5.56 Å². The molecule has 0 fully saturated rings. The second-order valence-corrected chi connectivity index (χ2v) is 4.33. The van der Waals surface area contributed by atoms with Gasteiger partial charge in [0.25, 0.3) is 0 Å². The van der Waals surface area contributed by atoms with E-state index in [4.69, 9.17) is 5.11 Å². The summed E-state index contributed by atoms with van der Waals surface area (Å²) in [5.74, 6) is -0.456. The summed E-state index contributed by atoms with van der Waals surface area (Å²) >= 11 is 0. The van der Waals surface area contributed by atoms with E-state index in [2.05, 4.69) is 0 Å². The molecular weight excluding hydrogens is 237 g/mol. The van der Waals surface area contributed by atoms with Crippen LogP contribution in [-0.4, -0.2) is 33.9 Å². The van der Waals surface area contributed by atoms with E-state index in [0.717, 1.165) is 4.90 Å². The van der Waals surface area contributed by atoms with E-state index < -0.39 is 18.0 Å². The van der Waals surface area contributed by atoms with E-state index >= 15 is 0 Å². The lowest BCUT2D eigenvalue weighted by Gasteiger charge is -2.32. The van der Waals surface area contributed by atoms with Gasteiger partial charge < -0.3 is 10.2 Å². The van der Waals surface area contributed by atoms with E-state index in [-0.39, 0.29) is 19.1 Å². The second kappa shape index (κ2) is 6.35. The van der Waals surface area contributed by atoms with Gasteiger partial charge in [-0.15, -0.1) is 0 Å². The Morgan fingerprint density at radius 2 is 2.00 bits per heavy atom. The largest absolute Gasteiger partial charge is 0.465 e.